The minimum absolute atomic E-state index is 0.540. The van der Waals surface area contributed by atoms with E-state index in [0.717, 1.165) is 22.2 Å². The summed E-state index contributed by atoms with van der Waals surface area (Å²) >= 11 is 1.57. The number of rotatable bonds is 2. The molecule has 1 aliphatic rings. The highest BCUT2D eigenvalue weighted by molar-refractivity contribution is 7.20. The quantitative estimate of drug-likeness (QED) is 0.759. The molecule has 0 unspecified atom stereocenters. The summed E-state index contributed by atoms with van der Waals surface area (Å²) in [6.45, 7) is 2.03. The maximum atomic E-state index is 10.9. The van der Waals surface area contributed by atoms with E-state index < -0.39 is 0 Å². The van der Waals surface area contributed by atoms with Gasteiger partial charge in [0.15, 0.2) is 6.29 Å². The molecular formula is C13H16N2OS. The standard InChI is InChI=1S/C13H16N2OS/c1-9-12-7-11(8-16)17-13(12)15(14-9)10-5-3-2-4-6-10/h7-8,10H,2-6H2,1H3. The van der Waals surface area contributed by atoms with Crippen LogP contribution in [0.2, 0.25) is 0 Å². The van der Waals surface area contributed by atoms with Crippen molar-refractivity contribution < 1.29 is 4.79 Å². The van der Waals surface area contributed by atoms with Crippen LogP contribution in [0.25, 0.3) is 10.2 Å². The van der Waals surface area contributed by atoms with E-state index in [4.69, 9.17) is 0 Å². The summed E-state index contributed by atoms with van der Waals surface area (Å²) in [4.78, 5) is 12.8. The van der Waals surface area contributed by atoms with Gasteiger partial charge in [0.1, 0.15) is 4.83 Å². The highest BCUT2D eigenvalue weighted by Gasteiger charge is 2.20. The molecule has 2 aromatic rings. The van der Waals surface area contributed by atoms with E-state index in [-0.39, 0.29) is 0 Å². The van der Waals surface area contributed by atoms with Gasteiger partial charge in [-0.2, -0.15) is 5.10 Å². The zero-order valence-corrected chi connectivity index (χ0v) is 10.8. The Morgan fingerprint density at radius 1 is 1.41 bits per heavy atom. The fraction of sp³-hybridized carbons (Fsp3) is 0.538. The van der Waals surface area contributed by atoms with Crippen LogP contribution >= 0.6 is 11.3 Å². The second-order valence-electron chi connectivity index (χ2n) is 4.81. The van der Waals surface area contributed by atoms with Crippen molar-refractivity contribution in [2.45, 2.75) is 45.1 Å². The monoisotopic (exact) mass is 248 g/mol. The van der Waals surface area contributed by atoms with Gasteiger partial charge in [-0.15, -0.1) is 11.3 Å². The first kappa shape index (κ1) is 11.0. The second-order valence-corrected chi connectivity index (χ2v) is 5.87. The van der Waals surface area contributed by atoms with E-state index >= 15 is 0 Å². The van der Waals surface area contributed by atoms with E-state index in [9.17, 15) is 4.79 Å². The van der Waals surface area contributed by atoms with Crippen molar-refractivity contribution in [3.05, 3.63) is 16.6 Å². The number of hydrogen-bond donors (Lipinski definition) is 0. The average Bonchev–Trinajstić information content (AvgIpc) is 2.91. The van der Waals surface area contributed by atoms with E-state index in [1.54, 1.807) is 11.3 Å². The van der Waals surface area contributed by atoms with Crippen LogP contribution in [-0.4, -0.2) is 16.1 Å². The van der Waals surface area contributed by atoms with Gasteiger partial charge in [0.05, 0.1) is 16.6 Å². The minimum atomic E-state index is 0.540. The SMILES string of the molecule is Cc1nn(C2CCCCC2)c2sc(C=O)cc12. The molecule has 0 amide bonds. The third kappa shape index (κ3) is 1.80. The molecule has 0 spiro atoms. The summed E-state index contributed by atoms with van der Waals surface area (Å²) in [6, 6.07) is 2.51. The predicted octanol–water partition coefficient (Wildman–Crippen LogP) is 3.72. The predicted molar refractivity (Wildman–Crippen MR) is 69.9 cm³/mol. The number of hydrogen-bond acceptors (Lipinski definition) is 3. The Kier molecular flexibility index (Phi) is 2.74. The molecular weight excluding hydrogens is 232 g/mol. The molecule has 1 fully saturated rings. The number of aryl methyl sites for hydroxylation is 1. The highest BCUT2D eigenvalue weighted by Crippen LogP contribution is 2.34. The lowest BCUT2D eigenvalue weighted by Gasteiger charge is -2.22. The molecule has 17 heavy (non-hydrogen) atoms. The van der Waals surface area contributed by atoms with Crippen LogP contribution in [0.1, 0.15) is 53.5 Å². The maximum Gasteiger partial charge on any atom is 0.160 e. The third-order valence-corrected chi connectivity index (χ3v) is 4.67. The Labute approximate surface area is 104 Å². The van der Waals surface area contributed by atoms with Crippen molar-refractivity contribution in [3.63, 3.8) is 0 Å². The number of carbonyl (C=O) groups excluding carboxylic acids is 1. The van der Waals surface area contributed by atoms with Crippen LogP contribution in [-0.2, 0) is 0 Å². The van der Waals surface area contributed by atoms with Crippen LogP contribution in [0.5, 0.6) is 0 Å². The normalized spacial score (nSPS) is 17.7. The van der Waals surface area contributed by atoms with Gasteiger partial charge in [-0.3, -0.25) is 9.48 Å². The zero-order valence-electron chi connectivity index (χ0n) is 9.98. The molecule has 1 saturated carbocycles. The van der Waals surface area contributed by atoms with Crippen molar-refractivity contribution in [1.82, 2.24) is 9.78 Å². The smallest absolute Gasteiger partial charge is 0.160 e. The molecule has 0 atom stereocenters. The summed E-state index contributed by atoms with van der Waals surface area (Å²) in [5, 5.41) is 5.82. The summed E-state index contributed by atoms with van der Waals surface area (Å²) in [5.74, 6) is 0. The molecule has 0 bridgehead atoms. The van der Waals surface area contributed by atoms with E-state index in [0.29, 0.717) is 6.04 Å². The van der Waals surface area contributed by atoms with Gasteiger partial charge < -0.3 is 0 Å². The number of aldehydes is 1. The topological polar surface area (TPSA) is 34.9 Å². The lowest BCUT2D eigenvalue weighted by molar-refractivity contribution is 0.112. The first-order valence-electron chi connectivity index (χ1n) is 6.23. The Bertz CT molecular complexity index is 549. The molecule has 3 nitrogen and oxygen atoms in total. The average molecular weight is 248 g/mol. The van der Waals surface area contributed by atoms with Crippen molar-refractivity contribution in [3.8, 4) is 0 Å². The van der Waals surface area contributed by atoms with Gasteiger partial charge in [0, 0.05) is 5.39 Å². The molecule has 0 aliphatic heterocycles. The largest absolute Gasteiger partial charge is 0.297 e. The van der Waals surface area contributed by atoms with Gasteiger partial charge >= 0.3 is 0 Å². The van der Waals surface area contributed by atoms with Crippen LogP contribution in [0, 0.1) is 6.92 Å². The Morgan fingerprint density at radius 3 is 2.88 bits per heavy atom. The van der Waals surface area contributed by atoms with Crippen molar-refractivity contribution in [1.29, 1.82) is 0 Å². The van der Waals surface area contributed by atoms with E-state index in [1.165, 1.54) is 36.9 Å². The molecule has 3 rings (SSSR count). The molecule has 90 valence electrons. The summed E-state index contributed by atoms with van der Waals surface area (Å²) in [7, 11) is 0. The zero-order chi connectivity index (χ0) is 11.8. The lowest BCUT2D eigenvalue weighted by Crippen LogP contribution is -2.13. The maximum absolute atomic E-state index is 10.9. The van der Waals surface area contributed by atoms with E-state index in [2.05, 4.69) is 9.78 Å². The van der Waals surface area contributed by atoms with Crippen molar-refractivity contribution in [2.75, 3.05) is 0 Å². The Hall–Kier alpha value is -1.16. The van der Waals surface area contributed by atoms with Gasteiger partial charge in [0.25, 0.3) is 0 Å². The second kappa shape index (κ2) is 4.26. The van der Waals surface area contributed by atoms with Crippen molar-refractivity contribution >= 4 is 27.8 Å². The Balaban J connectivity index is 2.08. The van der Waals surface area contributed by atoms with Crippen LogP contribution in [0.3, 0.4) is 0 Å². The summed E-state index contributed by atoms with van der Waals surface area (Å²) in [6.07, 6.45) is 7.35. The molecule has 0 N–H and O–H groups in total. The fourth-order valence-electron chi connectivity index (χ4n) is 2.72. The highest BCUT2D eigenvalue weighted by atomic mass is 32.1. The van der Waals surface area contributed by atoms with Gasteiger partial charge in [-0.05, 0) is 25.8 Å². The first-order chi connectivity index (χ1) is 8.29. The number of thiophene rings is 1. The summed E-state index contributed by atoms with van der Waals surface area (Å²) in [5.41, 5.74) is 1.05. The van der Waals surface area contributed by atoms with E-state index in [1.807, 2.05) is 13.0 Å². The molecule has 1 aliphatic carbocycles. The lowest BCUT2D eigenvalue weighted by atomic mass is 9.96. The van der Waals surface area contributed by atoms with Gasteiger partial charge in [0.2, 0.25) is 0 Å². The number of carbonyl (C=O) groups is 1. The first-order valence-corrected chi connectivity index (χ1v) is 7.05. The van der Waals surface area contributed by atoms with Crippen molar-refractivity contribution in [2.24, 2.45) is 0 Å². The minimum Gasteiger partial charge on any atom is -0.297 e. The fourth-order valence-corrected chi connectivity index (χ4v) is 3.77. The number of fused-ring (bicyclic) bond motifs is 1. The van der Waals surface area contributed by atoms with Crippen LogP contribution in [0.4, 0.5) is 0 Å². The van der Waals surface area contributed by atoms with Gasteiger partial charge in [-0.25, -0.2) is 0 Å². The third-order valence-electron chi connectivity index (χ3n) is 3.62. The summed E-state index contributed by atoms with van der Waals surface area (Å²) < 4.78 is 2.17. The molecule has 0 aromatic carbocycles. The number of aromatic nitrogens is 2. The van der Waals surface area contributed by atoms with Crippen LogP contribution < -0.4 is 0 Å². The molecule has 0 radical (unpaired) electrons. The molecule has 4 heteroatoms. The molecule has 2 heterocycles. The number of nitrogens with zero attached hydrogens (tertiary/aromatic N) is 2. The molecule has 0 saturated heterocycles. The van der Waals surface area contributed by atoms with Gasteiger partial charge in [-0.1, -0.05) is 19.3 Å². The molecule has 2 aromatic heterocycles. The Morgan fingerprint density at radius 2 is 2.18 bits per heavy atom. The van der Waals surface area contributed by atoms with Crippen LogP contribution in [0.15, 0.2) is 6.07 Å².